The Morgan fingerprint density at radius 2 is 1.54 bits per heavy atom. The second kappa shape index (κ2) is 8.12. The van der Waals surface area contributed by atoms with Gasteiger partial charge in [-0.15, -0.1) is 0 Å². The molecule has 2 aromatic rings. The van der Waals surface area contributed by atoms with Crippen LogP contribution >= 0.6 is 0 Å². The number of aromatic amines is 1. The summed E-state index contributed by atoms with van der Waals surface area (Å²) in [6.45, 7) is -0.894. The van der Waals surface area contributed by atoms with Crippen LogP contribution in [0, 0.1) is 11.6 Å². The first kappa shape index (κ1) is 20.3. The number of hydrogen-bond donors (Lipinski definition) is 7. The second-order valence-corrected chi connectivity index (χ2v) is 5.79. The zero-order valence-corrected chi connectivity index (χ0v) is 13.3. The monoisotopic (exact) mass is 376 g/mol. The molecular weight excluding hydrogens is 358 g/mol. The van der Waals surface area contributed by atoms with Gasteiger partial charge in [-0.2, -0.15) is 0 Å². The Bertz CT molecular complexity index is 831. The third-order valence-corrected chi connectivity index (χ3v) is 3.88. The van der Waals surface area contributed by atoms with Gasteiger partial charge < -0.3 is 35.6 Å². The molecule has 0 spiro atoms. The second-order valence-electron chi connectivity index (χ2n) is 5.79. The first-order valence-corrected chi connectivity index (χ1v) is 7.54. The summed E-state index contributed by atoms with van der Waals surface area (Å²) in [6, 6.07) is 1.48. The summed E-state index contributed by atoms with van der Waals surface area (Å²) in [5.74, 6) is -2.38. The van der Waals surface area contributed by atoms with Crippen molar-refractivity contribution in [3.63, 3.8) is 0 Å². The molecule has 0 radical (unpaired) electrons. The largest absolute Gasteiger partial charge is 0.394 e. The zero-order chi connectivity index (χ0) is 19.6. The zero-order valence-electron chi connectivity index (χ0n) is 13.3. The predicted octanol–water partition coefficient (Wildman–Crippen LogP) is -2.46. The molecule has 0 saturated carbocycles. The smallest absolute Gasteiger partial charge is 0.270 e. The van der Waals surface area contributed by atoms with Crippen molar-refractivity contribution in [2.45, 2.75) is 36.9 Å². The molecule has 0 fully saturated rings. The molecule has 1 heterocycles. The van der Waals surface area contributed by atoms with Gasteiger partial charge >= 0.3 is 0 Å². The van der Waals surface area contributed by atoms with Gasteiger partial charge in [-0.1, -0.05) is 0 Å². The molecule has 26 heavy (non-hydrogen) atoms. The van der Waals surface area contributed by atoms with E-state index < -0.39 is 60.7 Å². The lowest BCUT2D eigenvalue weighted by Gasteiger charge is -2.28. The molecule has 2 rings (SSSR count). The lowest BCUT2D eigenvalue weighted by Crippen LogP contribution is -2.50. The van der Waals surface area contributed by atoms with Crippen molar-refractivity contribution in [1.82, 2.24) is 9.97 Å². The van der Waals surface area contributed by atoms with Crippen molar-refractivity contribution in [3.8, 4) is 0 Å². The van der Waals surface area contributed by atoms with Gasteiger partial charge in [0.1, 0.15) is 30.1 Å². The van der Waals surface area contributed by atoms with Gasteiger partial charge in [0.2, 0.25) is 0 Å². The fourth-order valence-corrected chi connectivity index (χ4v) is 2.34. The molecule has 1 aromatic carbocycles. The number of nitrogens with zero attached hydrogens (tertiary/aromatic N) is 1. The van der Waals surface area contributed by atoms with Crippen molar-refractivity contribution in [2.24, 2.45) is 0 Å². The number of rotatable bonds is 7. The standard InChI is InChI=1S/C15H18F2N2O7/c16-5-1-7-8(2-6(5)17)19-15(26)9(18-7)3-10(21)12(23)14(25)13(24)11(22)4-20/h1-2,10-14,20-25H,3-4H2,(H,19,26)/t10?,11-,12-,13-,14?/m1/s1. The van der Waals surface area contributed by atoms with Gasteiger partial charge in [-0.05, 0) is 0 Å². The van der Waals surface area contributed by atoms with E-state index >= 15 is 0 Å². The van der Waals surface area contributed by atoms with E-state index in [1.807, 2.05) is 0 Å². The van der Waals surface area contributed by atoms with Crippen LogP contribution in [0.4, 0.5) is 8.78 Å². The van der Waals surface area contributed by atoms with E-state index in [-0.39, 0.29) is 16.7 Å². The van der Waals surface area contributed by atoms with E-state index in [9.17, 15) is 39.1 Å². The number of hydrogen-bond acceptors (Lipinski definition) is 8. The van der Waals surface area contributed by atoms with Crippen molar-refractivity contribution in [3.05, 3.63) is 39.8 Å². The van der Waals surface area contributed by atoms with Gasteiger partial charge in [0.15, 0.2) is 11.6 Å². The van der Waals surface area contributed by atoms with Crippen LogP contribution in [0.5, 0.6) is 0 Å². The number of aliphatic hydroxyl groups excluding tert-OH is 6. The van der Waals surface area contributed by atoms with Gasteiger partial charge in [0.05, 0.1) is 23.7 Å². The van der Waals surface area contributed by atoms with Crippen molar-refractivity contribution < 1.29 is 39.4 Å². The Morgan fingerprint density at radius 1 is 0.962 bits per heavy atom. The maximum Gasteiger partial charge on any atom is 0.270 e. The van der Waals surface area contributed by atoms with Gasteiger partial charge in [0, 0.05) is 18.6 Å². The van der Waals surface area contributed by atoms with Gasteiger partial charge in [-0.3, -0.25) is 4.79 Å². The minimum atomic E-state index is -2.03. The van der Waals surface area contributed by atoms with Crippen LogP contribution in [0.3, 0.4) is 0 Å². The molecule has 144 valence electrons. The Hall–Kier alpha value is -2.02. The first-order valence-electron chi connectivity index (χ1n) is 7.54. The molecule has 0 aliphatic carbocycles. The first-order chi connectivity index (χ1) is 12.1. The molecule has 11 heteroatoms. The summed E-state index contributed by atoms with van der Waals surface area (Å²) in [5.41, 5.74) is -1.34. The number of aliphatic hydroxyl groups is 6. The summed E-state index contributed by atoms with van der Waals surface area (Å²) in [4.78, 5) is 18.0. The average molecular weight is 376 g/mol. The van der Waals surface area contributed by atoms with Crippen LogP contribution in [0.1, 0.15) is 5.69 Å². The molecule has 0 aliphatic rings. The number of fused-ring (bicyclic) bond motifs is 1. The summed E-state index contributed by atoms with van der Waals surface area (Å²) < 4.78 is 26.4. The number of benzene rings is 1. The number of halogens is 2. The number of H-pyrrole nitrogens is 1. The molecule has 7 N–H and O–H groups in total. The average Bonchev–Trinajstić information content (AvgIpc) is 2.61. The minimum Gasteiger partial charge on any atom is -0.394 e. The fraction of sp³-hybridized carbons (Fsp3) is 0.467. The van der Waals surface area contributed by atoms with Crippen LogP contribution in [-0.2, 0) is 6.42 Å². The third kappa shape index (κ3) is 4.20. The van der Waals surface area contributed by atoms with E-state index in [0.29, 0.717) is 0 Å². The number of nitrogens with one attached hydrogen (secondary N) is 1. The molecule has 2 unspecified atom stereocenters. The SMILES string of the molecule is O=c1[nH]c2cc(F)c(F)cc2nc1CC(O)[C@@H](O)C(O)[C@H](O)[C@H](O)CO. The van der Waals surface area contributed by atoms with Gasteiger partial charge in [0.25, 0.3) is 5.56 Å². The Balaban J connectivity index is 2.22. The lowest BCUT2D eigenvalue weighted by atomic mass is 9.97. The molecule has 9 nitrogen and oxygen atoms in total. The van der Waals surface area contributed by atoms with Crippen LogP contribution in [0.2, 0.25) is 0 Å². The van der Waals surface area contributed by atoms with Crippen LogP contribution in [0.25, 0.3) is 11.0 Å². The Morgan fingerprint density at radius 3 is 2.15 bits per heavy atom. The highest BCUT2D eigenvalue weighted by Gasteiger charge is 2.34. The maximum absolute atomic E-state index is 13.3. The van der Waals surface area contributed by atoms with E-state index in [2.05, 4.69) is 9.97 Å². The molecule has 0 saturated heterocycles. The van der Waals surface area contributed by atoms with Crippen LogP contribution in [-0.4, -0.2) is 77.7 Å². The molecule has 0 bridgehead atoms. The van der Waals surface area contributed by atoms with Crippen LogP contribution in [0.15, 0.2) is 16.9 Å². The van der Waals surface area contributed by atoms with E-state index in [4.69, 9.17) is 5.11 Å². The summed E-state index contributed by atoms with van der Waals surface area (Å²) in [5, 5.41) is 57.0. The van der Waals surface area contributed by atoms with Gasteiger partial charge in [-0.25, -0.2) is 13.8 Å². The van der Waals surface area contributed by atoms with Crippen molar-refractivity contribution in [1.29, 1.82) is 0 Å². The quantitative estimate of drug-likeness (QED) is 0.279. The predicted molar refractivity (Wildman–Crippen MR) is 83.1 cm³/mol. The number of aromatic nitrogens is 2. The Kier molecular flexibility index (Phi) is 6.34. The highest BCUT2D eigenvalue weighted by molar-refractivity contribution is 5.74. The summed E-state index contributed by atoms with van der Waals surface area (Å²) in [6.07, 6.45) is -10.1. The lowest BCUT2D eigenvalue weighted by molar-refractivity contribution is -0.139. The van der Waals surface area contributed by atoms with E-state index in [1.54, 1.807) is 0 Å². The molecule has 5 atom stereocenters. The molecule has 1 aromatic heterocycles. The highest BCUT2D eigenvalue weighted by Crippen LogP contribution is 2.15. The summed E-state index contributed by atoms with van der Waals surface area (Å²) >= 11 is 0. The molecular formula is C15H18F2N2O7. The minimum absolute atomic E-state index is 0.0748. The summed E-state index contributed by atoms with van der Waals surface area (Å²) in [7, 11) is 0. The fourth-order valence-electron chi connectivity index (χ4n) is 2.34. The van der Waals surface area contributed by atoms with Crippen molar-refractivity contribution in [2.75, 3.05) is 6.61 Å². The van der Waals surface area contributed by atoms with Crippen LogP contribution < -0.4 is 5.56 Å². The van der Waals surface area contributed by atoms with E-state index in [1.165, 1.54) is 0 Å². The molecule has 0 aliphatic heterocycles. The normalized spacial score (nSPS) is 17.7. The van der Waals surface area contributed by atoms with E-state index in [0.717, 1.165) is 12.1 Å². The maximum atomic E-state index is 13.3. The molecule has 0 amide bonds. The van der Waals surface area contributed by atoms with Crippen molar-refractivity contribution >= 4 is 11.0 Å². The third-order valence-electron chi connectivity index (χ3n) is 3.88. The topological polar surface area (TPSA) is 167 Å². The Labute approximate surface area is 144 Å². The highest BCUT2D eigenvalue weighted by atomic mass is 19.2.